The summed E-state index contributed by atoms with van der Waals surface area (Å²) in [5.41, 5.74) is 1.34. The van der Waals surface area contributed by atoms with Crippen molar-refractivity contribution in [2.75, 3.05) is 7.11 Å². The fraction of sp³-hybridized carbons (Fsp3) is 0.250. The topological polar surface area (TPSA) is 102 Å². The van der Waals surface area contributed by atoms with Gasteiger partial charge < -0.3 is 19.6 Å². The summed E-state index contributed by atoms with van der Waals surface area (Å²) in [6, 6.07) is 4.71. The summed E-state index contributed by atoms with van der Waals surface area (Å²) in [7, 11) is 1.44. The van der Waals surface area contributed by atoms with E-state index >= 15 is 0 Å². The Kier molecular flexibility index (Phi) is 5.51. The number of methoxy groups -OCH3 is 1. The second-order valence-corrected chi connectivity index (χ2v) is 7.46. The molecule has 0 aliphatic carbocycles. The number of rotatable bonds is 5. The summed E-state index contributed by atoms with van der Waals surface area (Å²) in [5, 5.41) is 10.2. The van der Waals surface area contributed by atoms with Gasteiger partial charge in [-0.05, 0) is 50.1 Å². The molecule has 0 saturated carbocycles. The van der Waals surface area contributed by atoms with Crippen LogP contribution < -0.4 is 10.3 Å². The molecule has 8 heteroatoms. The first-order valence-corrected chi connectivity index (χ1v) is 9.37. The maximum Gasteiger partial charge on any atom is 0.331 e. The van der Waals surface area contributed by atoms with Gasteiger partial charge in [-0.1, -0.05) is 6.07 Å². The SMILES string of the molecule is COc1cc(/C=C/C(=O)O[C@H](C)c2nc3sc(C)c(C)c3c(=O)[nH]2)ccc1O. The summed E-state index contributed by atoms with van der Waals surface area (Å²) in [6.07, 6.45) is 2.09. The number of phenols is 1. The Morgan fingerprint density at radius 1 is 1.36 bits per heavy atom. The molecule has 0 aliphatic heterocycles. The molecule has 2 aromatic heterocycles. The lowest BCUT2D eigenvalue weighted by Crippen LogP contribution is -2.16. The molecule has 0 spiro atoms. The van der Waals surface area contributed by atoms with Gasteiger partial charge in [-0.15, -0.1) is 11.3 Å². The number of carbonyl (C=O) groups excluding carboxylic acids is 1. The summed E-state index contributed by atoms with van der Waals surface area (Å²) < 4.78 is 10.4. The zero-order valence-electron chi connectivity index (χ0n) is 15.9. The van der Waals surface area contributed by atoms with Crippen LogP contribution in [0.3, 0.4) is 0 Å². The van der Waals surface area contributed by atoms with Gasteiger partial charge in [0.1, 0.15) is 4.83 Å². The largest absolute Gasteiger partial charge is 0.504 e. The molecule has 1 atom stereocenters. The van der Waals surface area contributed by atoms with Crippen molar-refractivity contribution in [3.63, 3.8) is 0 Å². The molecule has 0 radical (unpaired) electrons. The van der Waals surface area contributed by atoms with E-state index in [1.54, 1.807) is 25.1 Å². The number of hydrogen-bond donors (Lipinski definition) is 2. The predicted molar refractivity (Wildman–Crippen MR) is 108 cm³/mol. The normalized spacial score (nSPS) is 12.4. The van der Waals surface area contributed by atoms with Gasteiger partial charge in [-0.3, -0.25) is 4.79 Å². The summed E-state index contributed by atoms with van der Waals surface area (Å²) in [6.45, 7) is 5.47. The van der Waals surface area contributed by atoms with Crippen molar-refractivity contribution in [3.05, 3.63) is 56.5 Å². The van der Waals surface area contributed by atoms with E-state index in [1.165, 1.54) is 30.6 Å². The molecule has 0 saturated heterocycles. The fourth-order valence-corrected chi connectivity index (χ4v) is 3.73. The highest BCUT2D eigenvalue weighted by Gasteiger charge is 2.17. The lowest BCUT2D eigenvalue weighted by molar-refractivity contribution is -0.142. The predicted octanol–water partition coefficient (Wildman–Crippen LogP) is 3.63. The zero-order valence-corrected chi connectivity index (χ0v) is 16.7. The Balaban J connectivity index is 1.75. The van der Waals surface area contributed by atoms with E-state index in [0.717, 1.165) is 10.4 Å². The third-order valence-corrected chi connectivity index (χ3v) is 5.45. The molecule has 0 unspecified atom stereocenters. The second-order valence-electron chi connectivity index (χ2n) is 6.26. The number of aromatic amines is 1. The van der Waals surface area contributed by atoms with Crippen LogP contribution in [-0.2, 0) is 9.53 Å². The highest BCUT2D eigenvalue weighted by molar-refractivity contribution is 7.18. The van der Waals surface area contributed by atoms with Crippen LogP contribution in [0.4, 0.5) is 0 Å². The van der Waals surface area contributed by atoms with E-state index in [0.29, 0.717) is 27.4 Å². The van der Waals surface area contributed by atoms with Crippen LogP contribution >= 0.6 is 11.3 Å². The van der Waals surface area contributed by atoms with Gasteiger partial charge in [0.25, 0.3) is 5.56 Å². The van der Waals surface area contributed by atoms with Crippen LogP contribution in [0.1, 0.15) is 34.9 Å². The first-order chi connectivity index (χ1) is 13.3. The first kappa shape index (κ1) is 19.6. The molecule has 3 rings (SSSR count). The Morgan fingerprint density at radius 3 is 2.82 bits per heavy atom. The summed E-state index contributed by atoms with van der Waals surface area (Å²) in [5.74, 6) is 0.0356. The molecular formula is C20H20N2O5S. The lowest BCUT2D eigenvalue weighted by Gasteiger charge is -2.11. The minimum Gasteiger partial charge on any atom is -0.504 e. The van der Waals surface area contributed by atoms with Crippen LogP contribution in [0, 0.1) is 13.8 Å². The van der Waals surface area contributed by atoms with Crippen LogP contribution in [0.5, 0.6) is 11.5 Å². The number of phenolic OH excluding ortho intramolecular Hbond substituents is 1. The number of ether oxygens (including phenoxy) is 2. The Hall–Kier alpha value is -3.13. The quantitative estimate of drug-likeness (QED) is 0.501. The maximum atomic E-state index is 12.3. The number of esters is 1. The average molecular weight is 400 g/mol. The number of aromatic nitrogens is 2. The monoisotopic (exact) mass is 400 g/mol. The number of aryl methyl sites for hydroxylation is 2. The van der Waals surface area contributed by atoms with Crippen molar-refractivity contribution >= 4 is 33.6 Å². The number of benzene rings is 1. The minimum atomic E-state index is -0.716. The van der Waals surface area contributed by atoms with Crippen LogP contribution in [0.15, 0.2) is 29.1 Å². The number of carbonyl (C=O) groups is 1. The van der Waals surface area contributed by atoms with E-state index in [2.05, 4.69) is 9.97 Å². The Morgan fingerprint density at radius 2 is 2.11 bits per heavy atom. The second kappa shape index (κ2) is 7.85. The van der Waals surface area contributed by atoms with Gasteiger partial charge in [0.05, 0.1) is 12.5 Å². The van der Waals surface area contributed by atoms with Gasteiger partial charge >= 0.3 is 5.97 Å². The molecule has 0 amide bonds. The number of nitrogens with one attached hydrogen (secondary N) is 1. The molecule has 2 heterocycles. The number of fused-ring (bicyclic) bond motifs is 1. The molecule has 0 aliphatic rings. The fourth-order valence-electron chi connectivity index (χ4n) is 2.70. The molecular weight excluding hydrogens is 380 g/mol. The van der Waals surface area contributed by atoms with E-state index in [1.807, 2.05) is 13.8 Å². The van der Waals surface area contributed by atoms with Crippen molar-refractivity contribution < 1.29 is 19.4 Å². The van der Waals surface area contributed by atoms with Gasteiger partial charge in [-0.2, -0.15) is 0 Å². The average Bonchev–Trinajstić information content (AvgIpc) is 2.95. The number of nitrogens with zero attached hydrogens (tertiary/aromatic N) is 1. The van der Waals surface area contributed by atoms with Gasteiger partial charge in [0, 0.05) is 11.0 Å². The van der Waals surface area contributed by atoms with Gasteiger partial charge in [0.2, 0.25) is 0 Å². The van der Waals surface area contributed by atoms with Crippen LogP contribution in [0.25, 0.3) is 16.3 Å². The Labute approximate surface area is 165 Å². The highest BCUT2D eigenvalue weighted by atomic mass is 32.1. The van der Waals surface area contributed by atoms with Gasteiger partial charge in [0.15, 0.2) is 23.4 Å². The number of thiophene rings is 1. The minimum absolute atomic E-state index is 0.0142. The van der Waals surface area contributed by atoms with Crippen molar-refractivity contribution in [2.24, 2.45) is 0 Å². The van der Waals surface area contributed by atoms with Crippen molar-refractivity contribution in [1.82, 2.24) is 9.97 Å². The molecule has 1 aromatic carbocycles. The molecule has 0 fully saturated rings. The zero-order chi connectivity index (χ0) is 20.4. The number of H-pyrrole nitrogens is 1. The molecule has 146 valence electrons. The smallest absolute Gasteiger partial charge is 0.331 e. The molecule has 0 bridgehead atoms. The number of hydrogen-bond acceptors (Lipinski definition) is 7. The maximum absolute atomic E-state index is 12.3. The standard InChI is InChI=1S/C20H20N2O5S/c1-10-12(3)28-20-17(10)19(25)21-18(22-20)11(2)27-16(24)8-6-13-5-7-14(23)15(9-13)26-4/h5-9,11,23H,1-4H3,(H,21,22,25)/b8-6+/t11-/m1/s1. The molecule has 3 aromatic rings. The summed E-state index contributed by atoms with van der Waals surface area (Å²) in [4.78, 5) is 33.3. The van der Waals surface area contributed by atoms with E-state index in [4.69, 9.17) is 9.47 Å². The highest BCUT2D eigenvalue weighted by Crippen LogP contribution is 2.28. The van der Waals surface area contributed by atoms with E-state index in [-0.39, 0.29) is 11.3 Å². The third-order valence-electron chi connectivity index (χ3n) is 4.35. The van der Waals surface area contributed by atoms with Gasteiger partial charge in [-0.25, -0.2) is 9.78 Å². The lowest BCUT2D eigenvalue weighted by atomic mass is 10.2. The third kappa shape index (κ3) is 3.91. The molecule has 2 N–H and O–H groups in total. The molecule has 7 nitrogen and oxygen atoms in total. The van der Waals surface area contributed by atoms with Crippen molar-refractivity contribution in [1.29, 1.82) is 0 Å². The van der Waals surface area contributed by atoms with Crippen molar-refractivity contribution in [2.45, 2.75) is 26.9 Å². The van der Waals surface area contributed by atoms with Crippen LogP contribution in [-0.4, -0.2) is 28.2 Å². The first-order valence-electron chi connectivity index (χ1n) is 8.55. The Bertz CT molecular complexity index is 1130. The van der Waals surface area contributed by atoms with Crippen molar-refractivity contribution in [3.8, 4) is 11.5 Å². The summed E-state index contributed by atoms with van der Waals surface area (Å²) >= 11 is 1.44. The van der Waals surface area contributed by atoms with E-state index < -0.39 is 12.1 Å². The molecule has 28 heavy (non-hydrogen) atoms. The van der Waals surface area contributed by atoms with Crippen LogP contribution in [0.2, 0.25) is 0 Å². The van der Waals surface area contributed by atoms with E-state index in [9.17, 15) is 14.7 Å². The number of aromatic hydroxyl groups is 1.